The van der Waals surface area contributed by atoms with Crippen LogP contribution in [0.4, 0.5) is 24.8 Å². The van der Waals surface area contributed by atoms with Gasteiger partial charge in [-0.15, -0.1) is 5.10 Å². The van der Waals surface area contributed by atoms with Crippen molar-refractivity contribution in [3.05, 3.63) is 107 Å². The first-order valence-corrected chi connectivity index (χ1v) is 13.7. The van der Waals surface area contributed by atoms with E-state index < -0.39 is 23.6 Å². The average Bonchev–Trinajstić information content (AvgIpc) is 3.52. The molecule has 216 valence electrons. The Morgan fingerprint density at radius 2 is 1.71 bits per heavy atom. The summed E-state index contributed by atoms with van der Waals surface area (Å²) < 4.78 is 39.5. The topological polar surface area (TPSA) is 104 Å². The zero-order valence-corrected chi connectivity index (χ0v) is 22.6. The number of carbonyl (C=O) groups is 2. The zero-order chi connectivity index (χ0) is 29.5. The van der Waals surface area contributed by atoms with Gasteiger partial charge in [-0.05, 0) is 83.1 Å². The summed E-state index contributed by atoms with van der Waals surface area (Å²) in [6.07, 6.45) is 4.15. The third-order valence-electron chi connectivity index (χ3n) is 7.31. The summed E-state index contributed by atoms with van der Waals surface area (Å²) in [6, 6.07) is 19.5. The van der Waals surface area contributed by atoms with Crippen LogP contribution in [0.1, 0.15) is 70.6 Å². The van der Waals surface area contributed by atoms with Crippen molar-refractivity contribution in [3.8, 4) is 0 Å². The van der Waals surface area contributed by atoms with Crippen molar-refractivity contribution in [3.63, 3.8) is 0 Å². The van der Waals surface area contributed by atoms with Crippen LogP contribution in [0.3, 0.4) is 0 Å². The average molecular weight is 575 g/mol. The number of anilines is 2. The maximum absolute atomic E-state index is 13.5. The minimum Gasteiger partial charge on any atom is -0.304 e. The highest BCUT2D eigenvalue weighted by Gasteiger charge is 2.30. The minimum absolute atomic E-state index is 0.0464. The van der Waals surface area contributed by atoms with Crippen LogP contribution in [-0.2, 0) is 17.5 Å². The number of nitrogens with zero attached hydrogens (tertiary/aromatic N) is 4. The molecule has 1 aliphatic carbocycles. The van der Waals surface area contributed by atoms with Crippen molar-refractivity contribution < 1.29 is 22.8 Å². The fourth-order valence-corrected chi connectivity index (χ4v) is 5.07. The number of H-pyrrole nitrogens is 1. The van der Waals surface area contributed by atoms with Crippen LogP contribution in [0.5, 0.6) is 0 Å². The summed E-state index contributed by atoms with van der Waals surface area (Å²) in [5, 5.41) is 15.6. The van der Waals surface area contributed by atoms with Gasteiger partial charge in [0.05, 0.1) is 12.1 Å². The molecule has 11 heteroatoms. The Morgan fingerprint density at radius 1 is 0.976 bits per heavy atom. The molecule has 0 bridgehead atoms. The predicted octanol–water partition coefficient (Wildman–Crippen LogP) is 6.77. The minimum atomic E-state index is -4.48. The van der Waals surface area contributed by atoms with Gasteiger partial charge in [-0.3, -0.25) is 14.9 Å². The molecule has 1 aliphatic rings. The smallest absolute Gasteiger partial charge is 0.304 e. The van der Waals surface area contributed by atoms with Crippen LogP contribution in [-0.4, -0.2) is 32.4 Å². The quantitative estimate of drug-likeness (QED) is 0.226. The number of carbonyl (C=O) groups excluding carboxylic acids is 2. The lowest BCUT2D eigenvalue weighted by Crippen LogP contribution is -2.28. The Balaban J connectivity index is 1.36. The van der Waals surface area contributed by atoms with Crippen molar-refractivity contribution in [1.29, 1.82) is 0 Å². The van der Waals surface area contributed by atoms with Gasteiger partial charge in [0, 0.05) is 17.3 Å². The number of rotatable bonds is 8. The summed E-state index contributed by atoms with van der Waals surface area (Å²) >= 11 is 0. The van der Waals surface area contributed by atoms with E-state index >= 15 is 0 Å². The third-order valence-corrected chi connectivity index (χ3v) is 7.31. The molecule has 1 saturated carbocycles. The number of amides is 2. The van der Waals surface area contributed by atoms with Gasteiger partial charge >= 0.3 is 6.18 Å². The summed E-state index contributed by atoms with van der Waals surface area (Å²) in [7, 11) is 0. The molecular weight excluding hydrogens is 545 g/mol. The molecule has 3 aromatic carbocycles. The highest BCUT2D eigenvalue weighted by atomic mass is 19.4. The SMILES string of the molecule is O=C(Nc1nn[nH]n1)c1ccc(CN(C(=O)C=Cc2cccc(C(F)(F)F)c2)c2ccc(C3CCCCC3)cc2)cc1. The van der Waals surface area contributed by atoms with Crippen molar-refractivity contribution >= 4 is 29.5 Å². The fraction of sp³-hybridized carbons (Fsp3) is 0.258. The highest BCUT2D eigenvalue weighted by molar-refractivity contribution is 6.04. The van der Waals surface area contributed by atoms with Gasteiger partial charge in [0.25, 0.3) is 17.8 Å². The first-order chi connectivity index (χ1) is 20.3. The lowest BCUT2D eigenvalue weighted by atomic mass is 9.84. The van der Waals surface area contributed by atoms with Crippen molar-refractivity contribution in [2.75, 3.05) is 10.2 Å². The molecule has 1 aromatic heterocycles. The van der Waals surface area contributed by atoms with E-state index in [4.69, 9.17) is 0 Å². The van der Waals surface area contributed by atoms with E-state index in [9.17, 15) is 22.8 Å². The Bertz CT molecular complexity index is 1530. The van der Waals surface area contributed by atoms with Gasteiger partial charge in [0.15, 0.2) is 0 Å². The molecule has 0 spiro atoms. The number of nitrogens with one attached hydrogen (secondary N) is 2. The molecule has 5 rings (SSSR count). The molecule has 0 unspecified atom stereocenters. The number of hydrogen-bond acceptors (Lipinski definition) is 5. The van der Waals surface area contributed by atoms with Gasteiger partial charge in [0.1, 0.15) is 0 Å². The second kappa shape index (κ2) is 12.8. The molecule has 1 fully saturated rings. The molecule has 8 nitrogen and oxygen atoms in total. The molecule has 0 radical (unpaired) electrons. The Hall–Kier alpha value is -4.80. The van der Waals surface area contributed by atoms with Gasteiger partial charge in [0.2, 0.25) is 0 Å². The van der Waals surface area contributed by atoms with E-state index in [0.717, 1.165) is 30.5 Å². The normalized spacial score (nSPS) is 14.2. The lowest BCUT2D eigenvalue weighted by molar-refractivity contribution is -0.137. The molecule has 0 aliphatic heterocycles. The van der Waals surface area contributed by atoms with Gasteiger partial charge in [-0.1, -0.05) is 60.8 Å². The largest absolute Gasteiger partial charge is 0.416 e. The summed E-state index contributed by atoms with van der Waals surface area (Å²) in [5.41, 5.74) is 2.50. The van der Waals surface area contributed by atoms with Crippen molar-refractivity contribution in [2.45, 2.75) is 50.7 Å². The first-order valence-electron chi connectivity index (χ1n) is 13.7. The monoisotopic (exact) mass is 574 g/mol. The lowest BCUT2D eigenvalue weighted by Gasteiger charge is -2.25. The maximum atomic E-state index is 13.5. The van der Waals surface area contributed by atoms with Crippen LogP contribution in [0.15, 0.2) is 78.9 Å². The third kappa shape index (κ3) is 7.28. The highest BCUT2D eigenvalue weighted by Crippen LogP contribution is 2.34. The molecule has 42 heavy (non-hydrogen) atoms. The van der Waals surface area contributed by atoms with Crippen molar-refractivity contribution in [1.82, 2.24) is 20.6 Å². The second-order valence-electron chi connectivity index (χ2n) is 10.2. The number of hydrogen-bond donors (Lipinski definition) is 2. The Labute approximate surface area is 240 Å². The number of tetrazole rings is 1. The molecule has 0 atom stereocenters. The number of aromatic nitrogens is 4. The van der Waals surface area contributed by atoms with Crippen LogP contribution in [0, 0.1) is 0 Å². The molecule has 2 N–H and O–H groups in total. The van der Waals surface area contributed by atoms with E-state index in [0.29, 0.717) is 17.2 Å². The van der Waals surface area contributed by atoms with E-state index in [1.807, 2.05) is 24.3 Å². The number of halogens is 3. The summed E-state index contributed by atoms with van der Waals surface area (Å²) in [4.78, 5) is 27.5. The standard InChI is InChI=1S/C31H29F3N6O2/c32-31(33,34)26-8-4-5-21(19-26)11-18-28(41)40(27-16-14-24(15-17-27)23-6-2-1-3-7-23)20-22-9-12-25(13-10-22)29(42)35-30-36-38-39-37-30/h4-5,8-19,23H,1-3,6-7,20H2,(H2,35,36,37,38,39,42). The number of alkyl halides is 3. The van der Waals surface area contributed by atoms with Crippen molar-refractivity contribution in [2.24, 2.45) is 0 Å². The predicted molar refractivity (Wildman–Crippen MR) is 153 cm³/mol. The molecular formula is C31H29F3N6O2. The summed E-state index contributed by atoms with van der Waals surface area (Å²) in [6.45, 7) is 0.182. The molecule has 2 amide bonds. The number of aromatic amines is 1. The van der Waals surface area contributed by atoms with E-state index in [-0.39, 0.29) is 18.1 Å². The van der Waals surface area contributed by atoms with E-state index in [1.165, 1.54) is 49.1 Å². The fourth-order valence-electron chi connectivity index (χ4n) is 5.07. The van der Waals surface area contributed by atoms with Crippen LogP contribution < -0.4 is 10.2 Å². The molecule has 4 aromatic rings. The van der Waals surface area contributed by atoms with Gasteiger partial charge in [-0.25, -0.2) is 0 Å². The Morgan fingerprint density at radius 3 is 2.38 bits per heavy atom. The summed E-state index contributed by atoms with van der Waals surface area (Å²) in [5.74, 6) is -0.260. The zero-order valence-electron chi connectivity index (χ0n) is 22.6. The molecule has 0 saturated heterocycles. The first kappa shape index (κ1) is 28.7. The Kier molecular flexibility index (Phi) is 8.75. The van der Waals surface area contributed by atoms with Gasteiger partial charge < -0.3 is 4.90 Å². The van der Waals surface area contributed by atoms with Crippen LogP contribution in [0.25, 0.3) is 6.08 Å². The number of benzene rings is 3. The molecule has 1 heterocycles. The maximum Gasteiger partial charge on any atom is 0.416 e. The van der Waals surface area contributed by atoms with Crippen LogP contribution in [0.2, 0.25) is 0 Å². The van der Waals surface area contributed by atoms with Gasteiger partial charge in [-0.2, -0.15) is 18.4 Å². The van der Waals surface area contributed by atoms with E-state index in [1.54, 1.807) is 29.2 Å². The second-order valence-corrected chi connectivity index (χ2v) is 10.2. The van der Waals surface area contributed by atoms with E-state index in [2.05, 4.69) is 25.9 Å². The van der Waals surface area contributed by atoms with Crippen LogP contribution >= 0.6 is 0 Å².